The molecule has 7 heteroatoms. The van der Waals surface area contributed by atoms with Crippen LogP contribution in [0, 0.1) is 5.92 Å². The van der Waals surface area contributed by atoms with Gasteiger partial charge in [-0.25, -0.2) is 9.59 Å². The lowest BCUT2D eigenvalue weighted by atomic mass is 10.0. The summed E-state index contributed by atoms with van der Waals surface area (Å²) in [6, 6.07) is -1.20. The summed E-state index contributed by atoms with van der Waals surface area (Å²) in [7, 11) is 0. The normalized spacial score (nSPS) is 14.0. The van der Waals surface area contributed by atoms with Gasteiger partial charge in [0.2, 0.25) is 5.91 Å². The number of aliphatic hydroxyl groups excluding tert-OH is 1. The van der Waals surface area contributed by atoms with Gasteiger partial charge < -0.3 is 20.3 Å². The van der Waals surface area contributed by atoms with Crippen LogP contribution in [0.2, 0.25) is 0 Å². The molecule has 0 rings (SSSR count). The molecule has 1 amide bonds. The zero-order valence-corrected chi connectivity index (χ0v) is 12.5. The highest BCUT2D eigenvalue weighted by Crippen LogP contribution is 2.05. The van der Waals surface area contributed by atoms with E-state index in [9.17, 15) is 19.5 Å². The van der Waals surface area contributed by atoms with Crippen LogP contribution in [-0.4, -0.2) is 46.8 Å². The Morgan fingerprint density at radius 1 is 1.29 bits per heavy atom. The lowest BCUT2D eigenvalue weighted by Crippen LogP contribution is -2.45. The van der Waals surface area contributed by atoms with E-state index in [1.807, 2.05) is 13.8 Å². The molecule has 7 nitrogen and oxygen atoms in total. The lowest BCUT2D eigenvalue weighted by Gasteiger charge is -2.17. The molecule has 21 heavy (non-hydrogen) atoms. The quantitative estimate of drug-likeness (QED) is 0.421. The van der Waals surface area contributed by atoms with Crippen molar-refractivity contribution in [3.8, 4) is 0 Å². The molecule has 0 fully saturated rings. The fourth-order valence-corrected chi connectivity index (χ4v) is 1.53. The van der Waals surface area contributed by atoms with Crippen LogP contribution in [0.1, 0.15) is 33.6 Å². The number of nitrogens with one attached hydrogen (secondary N) is 1. The maximum atomic E-state index is 11.7. The van der Waals surface area contributed by atoms with Crippen molar-refractivity contribution in [3.05, 3.63) is 12.2 Å². The van der Waals surface area contributed by atoms with Crippen LogP contribution in [0.3, 0.4) is 0 Å². The highest BCUT2D eigenvalue weighted by atomic mass is 16.5. The van der Waals surface area contributed by atoms with E-state index in [0.29, 0.717) is 0 Å². The lowest BCUT2D eigenvalue weighted by molar-refractivity contribution is -0.143. The number of ether oxygens (including phenoxy) is 1. The van der Waals surface area contributed by atoms with Gasteiger partial charge in [0.1, 0.15) is 12.1 Å². The molecule has 2 atom stereocenters. The van der Waals surface area contributed by atoms with Gasteiger partial charge >= 0.3 is 11.9 Å². The van der Waals surface area contributed by atoms with Crippen LogP contribution < -0.4 is 5.32 Å². The van der Waals surface area contributed by atoms with Crippen LogP contribution in [-0.2, 0) is 19.1 Å². The third kappa shape index (κ3) is 8.80. The summed E-state index contributed by atoms with van der Waals surface area (Å²) in [6.45, 7) is 5.56. The summed E-state index contributed by atoms with van der Waals surface area (Å²) >= 11 is 0. The third-order valence-electron chi connectivity index (χ3n) is 2.52. The molecular formula is C14H23NO6. The number of esters is 1. The fourth-order valence-electron chi connectivity index (χ4n) is 1.53. The van der Waals surface area contributed by atoms with Gasteiger partial charge in [0.25, 0.3) is 0 Å². The number of carbonyl (C=O) groups excluding carboxylic acids is 2. The Labute approximate surface area is 124 Å². The van der Waals surface area contributed by atoms with E-state index < -0.39 is 30.0 Å². The average Bonchev–Trinajstić information content (AvgIpc) is 2.36. The second-order valence-electron chi connectivity index (χ2n) is 4.93. The minimum Gasteiger partial charge on any atom is -0.480 e. The van der Waals surface area contributed by atoms with Gasteiger partial charge in [0, 0.05) is 6.08 Å². The molecule has 0 aliphatic rings. The van der Waals surface area contributed by atoms with E-state index in [1.165, 1.54) is 6.08 Å². The molecule has 3 N–H and O–H groups in total. The number of carboxylic acid groups (broad SMARTS) is 1. The molecule has 0 aromatic carbocycles. The van der Waals surface area contributed by atoms with Crippen LogP contribution in [0.15, 0.2) is 12.2 Å². The number of rotatable bonds is 9. The molecule has 0 aliphatic carbocycles. The summed E-state index contributed by atoms with van der Waals surface area (Å²) in [4.78, 5) is 33.7. The first-order chi connectivity index (χ1) is 9.77. The highest BCUT2D eigenvalue weighted by Gasteiger charge is 2.23. The topological polar surface area (TPSA) is 113 Å². The monoisotopic (exact) mass is 301 g/mol. The van der Waals surface area contributed by atoms with E-state index in [1.54, 1.807) is 6.92 Å². The first-order valence-corrected chi connectivity index (χ1v) is 6.82. The fraction of sp³-hybridized carbons (Fsp3) is 0.643. The van der Waals surface area contributed by atoms with Gasteiger partial charge in [-0.15, -0.1) is 0 Å². The Bertz CT molecular complexity index is 391. The Morgan fingerprint density at radius 2 is 1.90 bits per heavy atom. The standard InChI is InChI=1S/C14H23NO6/c1-4-21-12(17)7-5-6-10(14(19)20)15-13(18)11(16)8-9(2)3/h5,7,9-11,16H,4,6,8H2,1-3H3,(H,15,18)(H,19,20)/b7-5+/t10-,11+/m0/s1. The number of amides is 1. The van der Waals surface area contributed by atoms with Gasteiger partial charge in [-0.1, -0.05) is 19.9 Å². The molecule has 120 valence electrons. The molecule has 0 spiro atoms. The predicted octanol–water partition coefficient (Wildman–Crippen LogP) is 0.472. The smallest absolute Gasteiger partial charge is 0.330 e. The van der Waals surface area contributed by atoms with Crippen LogP contribution >= 0.6 is 0 Å². The first kappa shape index (κ1) is 19.1. The molecule has 0 unspecified atom stereocenters. The van der Waals surface area contributed by atoms with Crippen molar-refractivity contribution in [2.75, 3.05) is 6.61 Å². The number of aliphatic carboxylic acids is 1. The van der Waals surface area contributed by atoms with Gasteiger partial charge in [-0.05, 0) is 25.7 Å². The zero-order valence-electron chi connectivity index (χ0n) is 12.5. The van der Waals surface area contributed by atoms with Crippen molar-refractivity contribution in [1.29, 1.82) is 0 Å². The Morgan fingerprint density at radius 3 is 2.38 bits per heavy atom. The van der Waals surface area contributed by atoms with E-state index >= 15 is 0 Å². The summed E-state index contributed by atoms with van der Waals surface area (Å²) in [5.41, 5.74) is 0. The van der Waals surface area contributed by atoms with Crippen molar-refractivity contribution in [2.45, 2.75) is 45.8 Å². The maximum Gasteiger partial charge on any atom is 0.330 e. The van der Waals surface area contributed by atoms with E-state index in [2.05, 4.69) is 10.1 Å². The zero-order chi connectivity index (χ0) is 16.4. The Balaban J connectivity index is 4.46. The average molecular weight is 301 g/mol. The van der Waals surface area contributed by atoms with E-state index in [-0.39, 0.29) is 25.4 Å². The largest absolute Gasteiger partial charge is 0.480 e. The number of hydrogen-bond donors (Lipinski definition) is 3. The first-order valence-electron chi connectivity index (χ1n) is 6.82. The molecule has 0 saturated heterocycles. The predicted molar refractivity (Wildman–Crippen MR) is 75.4 cm³/mol. The van der Waals surface area contributed by atoms with Crippen molar-refractivity contribution in [3.63, 3.8) is 0 Å². The van der Waals surface area contributed by atoms with Crippen LogP contribution in [0.25, 0.3) is 0 Å². The molecule has 0 aromatic heterocycles. The Kier molecular flexibility index (Phi) is 9.03. The number of carbonyl (C=O) groups is 3. The van der Waals surface area contributed by atoms with E-state index in [0.717, 1.165) is 6.08 Å². The van der Waals surface area contributed by atoms with Crippen LogP contribution in [0.5, 0.6) is 0 Å². The van der Waals surface area contributed by atoms with E-state index in [4.69, 9.17) is 5.11 Å². The van der Waals surface area contributed by atoms with Crippen LogP contribution in [0.4, 0.5) is 0 Å². The number of carboxylic acids is 1. The molecule has 0 aliphatic heterocycles. The SMILES string of the molecule is CCOC(=O)/C=C/C[C@H](NC(=O)[C@H](O)CC(C)C)C(=O)O. The van der Waals surface area contributed by atoms with Gasteiger partial charge in [-0.3, -0.25) is 4.79 Å². The second-order valence-corrected chi connectivity index (χ2v) is 4.93. The molecule has 0 aromatic rings. The summed E-state index contributed by atoms with van der Waals surface area (Å²) in [6.07, 6.45) is 1.34. The third-order valence-corrected chi connectivity index (χ3v) is 2.52. The molecule has 0 bridgehead atoms. The second kappa shape index (κ2) is 9.93. The molecule has 0 heterocycles. The number of hydrogen-bond acceptors (Lipinski definition) is 5. The van der Waals surface area contributed by atoms with Crippen molar-refractivity contribution in [1.82, 2.24) is 5.32 Å². The summed E-state index contributed by atoms with van der Waals surface area (Å²) in [5, 5.41) is 20.8. The number of aliphatic hydroxyl groups is 1. The minimum absolute atomic E-state index is 0.0751. The van der Waals surface area contributed by atoms with Gasteiger partial charge in [0.15, 0.2) is 0 Å². The van der Waals surface area contributed by atoms with Crippen molar-refractivity contribution in [2.24, 2.45) is 5.92 Å². The van der Waals surface area contributed by atoms with Gasteiger partial charge in [-0.2, -0.15) is 0 Å². The van der Waals surface area contributed by atoms with Crippen molar-refractivity contribution < 1.29 is 29.3 Å². The minimum atomic E-state index is -1.25. The summed E-state index contributed by atoms with van der Waals surface area (Å²) in [5.74, 6) is -2.44. The molecule has 0 radical (unpaired) electrons. The van der Waals surface area contributed by atoms with Gasteiger partial charge in [0.05, 0.1) is 6.61 Å². The Hall–Kier alpha value is -1.89. The van der Waals surface area contributed by atoms with Crippen molar-refractivity contribution >= 4 is 17.8 Å². The molecular weight excluding hydrogens is 278 g/mol. The highest BCUT2D eigenvalue weighted by molar-refractivity contribution is 5.86. The summed E-state index contributed by atoms with van der Waals surface area (Å²) < 4.78 is 4.65. The maximum absolute atomic E-state index is 11.7. The molecule has 0 saturated carbocycles.